The van der Waals surface area contributed by atoms with E-state index in [2.05, 4.69) is 66.3 Å². The third-order valence-electron chi connectivity index (χ3n) is 8.02. The predicted molar refractivity (Wildman–Crippen MR) is 167 cm³/mol. The maximum absolute atomic E-state index is 12.5. The van der Waals surface area contributed by atoms with Gasteiger partial charge in [-0.25, -0.2) is 4.79 Å². The highest BCUT2D eigenvalue weighted by Gasteiger charge is 2.28. The lowest BCUT2D eigenvalue weighted by atomic mass is 10.0. The number of H-pyrrole nitrogens is 2. The lowest BCUT2D eigenvalue weighted by Gasteiger charge is -2.34. The van der Waals surface area contributed by atoms with Gasteiger partial charge in [0.2, 0.25) is 0 Å². The number of carbonyl (C=O) groups excluding carboxylic acids is 1. The Morgan fingerprint density at radius 1 is 1.05 bits per heavy atom. The number of aliphatic imine (C=N–C) groups is 1. The fourth-order valence-corrected chi connectivity index (χ4v) is 6.47. The summed E-state index contributed by atoms with van der Waals surface area (Å²) in [4.78, 5) is 41.4. The summed E-state index contributed by atoms with van der Waals surface area (Å²) < 4.78 is 5.78. The Balaban J connectivity index is 0.938. The highest BCUT2D eigenvalue weighted by atomic mass is 32.2. The van der Waals surface area contributed by atoms with Crippen molar-refractivity contribution in [1.29, 1.82) is 0 Å². The Kier molecular flexibility index (Phi) is 8.66. The second-order valence-electron chi connectivity index (χ2n) is 11.1. The number of ether oxygens (including phenoxy) is 1. The van der Waals surface area contributed by atoms with Crippen LogP contribution in [0, 0.1) is 0 Å². The minimum Gasteiger partial charge on any atom is -0.489 e. The molecule has 2 saturated heterocycles. The fraction of sp³-hybridized carbons (Fsp3) is 0.433. The first kappa shape index (κ1) is 28.5. The number of aliphatic hydroxyl groups excluding tert-OH is 1. The zero-order valence-electron chi connectivity index (χ0n) is 23.7. The van der Waals surface area contributed by atoms with Crippen LogP contribution in [0.5, 0.6) is 5.75 Å². The monoisotopic (exact) mass is 591 g/mol. The number of amides is 1. The van der Waals surface area contributed by atoms with Crippen LogP contribution in [-0.4, -0.2) is 108 Å². The van der Waals surface area contributed by atoms with E-state index in [4.69, 9.17) is 4.74 Å². The van der Waals surface area contributed by atoms with Gasteiger partial charge in [-0.15, -0.1) is 0 Å². The zero-order chi connectivity index (χ0) is 29.1. The molecule has 1 amide bonds. The van der Waals surface area contributed by atoms with E-state index in [1.54, 1.807) is 18.2 Å². The second-order valence-corrected chi connectivity index (χ2v) is 12.1. The minimum absolute atomic E-state index is 0.133. The number of amidine groups is 1. The van der Waals surface area contributed by atoms with Gasteiger partial charge in [-0.3, -0.25) is 4.79 Å². The number of piperidine rings is 1. The van der Waals surface area contributed by atoms with E-state index >= 15 is 0 Å². The number of para-hydroxylation sites is 1. The quantitative estimate of drug-likeness (QED) is 0.291. The van der Waals surface area contributed by atoms with Gasteiger partial charge in [-0.2, -0.15) is 4.99 Å². The molecular formula is C30H37N7O4S. The number of nitrogens with one attached hydrogen (secondary N) is 3. The summed E-state index contributed by atoms with van der Waals surface area (Å²) in [7, 11) is 2.11. The van der Waals surface area contributed by atoms with Gasteiger partial charge in [0.05, 0.1) is 10.4 Å². The van der Waals surface area contributed by atoms with Gasteiger partial charge in [0.15, 0.2) is 5.17 Å². The number of likely N-dealkylation sites (N-methyl/N-ethyl adjacent to an activating group) is 1. The third kappa shape index (κ3) is 6.73. The summed E-state index contributed by atoms with van der Waals surface area (Å²) >= 11 is 1.48. The topological polar surface area (TPSA) is 129 Å². The number of piperazine rings is 1. The highest BCUT2D eigenvalue weighted by molar-refractivity contribution is 8.18. The molecule has 2 fully saturated rings. The van der Waals surface area contributed by atoms with Crippen molar-refractivity contribution in [1.82, 2.24) is 25.1 Å². The van der Waals surface area contributed by atoms with Gasteiger partial charge >= 0.3 is 5.69 Å². The molecular weight excluding hydrogens is 554 g/mol. The van der Waals surface area contributed by atoms with Crippen LogP contribution in [0.25, 0.3) is 17.1 Å². The molecule has 3 aromatic rings. The number of hydrogen-bond donors (Lipinski definition) is 4. The number of carbonyl (C=O) groups is 1. The van der Waals surface area contributed by atoms with Crippen molar-refractivity contribution in [3.63, 3.8) is 0 Å². The van der Waals surface area contributed by atoms with Crippen LogP contribution in [0.4, 0.5) is 5.69 Å². The predicted octanol–water partition coefficient (Wildman–Crippen LogP) is 2.07. The van der Waals surface area contributed by atoms with Crippen LogP contribution in [0.15, 0.2) is 57.2 Å². The number of anilines is 1. The standard InChI is InChI=1S/C30H37N7O4S/c1-35-13-15-37(16-14-35)30-34-28(39)26(42-30)17-20-5-7-22(8-6-20)36-11-9-21(10-12-36)31-18-23(38)19-41-25-4-2-3-24-27(25)33-29(40)32-24/h2-8,17,21,23,31,38H,9-16,18-19H2,1H3,(H2,32,33,40)/t23-/m0/s1. The van der Waals surface area contributed by atoms with Gasteiger partial charge in [-0.05, 0) is 67.6 Å². The van der Waals surface area contributed by atoms with Crippen LogP contribution < -0.4 is 20.6 Å². The summed E-state index contributed by atoms with van der Waals surface area (Å²) in [5, 5.41) is 14.8. The third-order valence-corrected chi connectivity index (χ3v) is 9.06. The molecule has 42 heavy (non-hydrogen) atoms. The first-order chi connectivity index (χ1) is 20.4. The van der Waals surface area contributed by atoms with Crippen molar-refractivity contribution in [2.24, 2.45) is 4.99 Å². The van der Waals surface area contributed by atoms with Crippen LogP contribution in [-0.2, 0) is 4.79 Å². The van der Waals surface area contributed by atoms with Gasteiger partial charge < -0.3 is 39.8 Å². The van der Waals surface area contributed by atoms with E-state index in [1.165, 1.54) is 17.4 Å². The average molecular weight is 592 g/mol. The molecule has 3 aliphatic heterocycles. The number of imidazole rings is 1. The van der Waals surface area contributed by atoms with Gasteiger partial charge in [0.25, 0.3) is 5.91 Å². The number of benzene rings is 2. The summed E-state index contributed by atoms with van der Waals surface area (Å²) in [6.45, 7) is 6.17. The molecule has 11 nitrogen and oxygen atoms in total. The number of fused-ring (bicyclic) bond motifs is 1. The molecule has 3 aliphatic rings. The number of rotatable bonds is 8. The summed E-state index contributed by atoms with van der Waals surface area (Å²) in [6.07, 6.45) is 3.22. The second kappa shape index (κ2) is 12.7. The molecule has 0 bridgehead atoms. The molecule has 4 N–H and O–H groups in total. The Hall–Kier alpha value is -3.58. The van der Waals surface area contributed by atoms with Gasteiger partial charge in [0, 0.05) is 57.5 Å². The van der Waals surface area contributed by atoms with E-state index in [1.807, 2.05) is 6.08 Å². The molecule has 0 saturated carbocycles. The van der Waals surface area contributed by atoms with Crippen LogP contribution in [0.3, 0.4) is 0 Å². The van der Waals surface area contributed by atoms with E-state index < -0.39 is 6.10 Å². The van der Waals surface area contributed by atoms with Crippen molar-refractivity contribution >= 4 is 45.6 Å². The van der Waals surface area contributed by atoms with Crippen molar-refractivity contribution in [3.8, 4) is 5.75 Å². The Morgan fingerprint density at radius 2 is 1.81 bits per heavy atom. The lowest BCUT2D eigenvalue weighted by Crippen LogP contribution is -2.46. The molecule has 2 aromatic carbocycles. The van der Waals surface area contributed by atoms with Crippen molar-refractivity contribution in [2.75, 3.05) is 64.4 Å². The molecule has 0 aliphatic carbocycles. The minimum atomic E-state index is -0.668. The van der Waals surface area contributed by atoms with E-state index in [0.29, 0.717) is 34.3 Å². The number of aliphatic hydroxyl groups is 1. The molecule has 0 unspecified atom stereocenters. The Bertz CT molecular complexity index is 1520. The Labute approximate surface area is 248 Å². The first-order valence-electron chi connectivity index (χ1n) is 14.5. The molecule has 12 heteroatoms. The summed E-state index contributed by atoms with van der Waals surface area (Å²) in [5.41, 5.74) is 3.16. The van der Waals surface area contributed by atoms with Crippen LogP contribution >= 0.6 is 11.8 Å². The zero-order valence-corrected chi connectivity index (χ0v) is 24.5. The van der Waals surface area contributed by atoms with Gasteiger partial charge in [0.1, 0.15) is 24.0 Å². The van der Waals surface area contributed by atoms with E-state index in [0.717, 1.165) is 62.8 Å². The average Bonchev–Trinajstić information content (AvgIpc) is 3.57. The van der Waals surface area contributed by atoms with Crippen molar-refractivity contribution in [3.05, 3.63) is 63.4 Å². The summed E-state index contributed by atoms with van der Waals surface area (Å²) in [6, 6.07) is 14.1. The van der Waals surface area contributed by atoms with E-state index in [9.17, 15) is 14.7 Å². The number of aromatic amines is 2. The fourth-order valence-electron chi connectivity index (χ4n) is 5.50. The molecule has 0 radical (unpaired) electrons. The molecule has 222 valence electrons. The molecule has 6 rings (SSSR count). The lowest BCUT2D eigenvalue weighted by molar-refractivity contribution is -0.113. The van der Waals surface area contributed by atoms with E-state index in [-0.39, 0.29) is 18.2 Å². The SMILES string of the molecule is CN1CCN(C2=NC(=O)C(=Cc3ccc(N4CCC(NC[C@H](O)COc5cccc6[nH]c(=O)[nH]c56)CC4)cc3)S2)CC1. The molecule has 4 heterocycles. The molecule has 1 aromatic heterocycles. The Morgan fingerprint density at radius 3 is 2.57 bits per heavy atom. The van der Waals surface area contributed by atoms with Crippen LogP contribution in [0.1, 0.15) is 18.4 Å². The van der Waals surface area contributed by atoms with Gasteiger partial charge in [-0.1, -0.05) is 18.2 Å². The number of aromatic nitrogens is 2. The van der Waals surface area contributed by atoms with Crippen molar-refractivity contribution < 1.29 is 14.6 Å². The van der Waals surface area contributed by atoms with Crippen molar-refractivity contribution in [2.45, 2.75) is 25.0 Å². The smallest absolute Gasteiger partial charge is 0.323 e. The number of nitrogens with zero attached hydrogens (tertiary/aromatic N) is 4. The van der Waals surface area contributed by atoms with Crippen LogP contribution in [0.2, 0.25) is 0 Å². The maximum Gasteiger partial charge on any atom is 0.323 e. The largest absolute Gasteiger partial charge is 0.489 e. The summed E-state index contributed by atoms with van der Waals surface area (Å²) in [5.74, 6) is 0.386. The molecule has 0 spiro atoms. The number of hydrogen-bond acceptors (Lipinski definition) is 9. The highest BCUT2D eigenvalue weighted by Crippen LogP contribution is 2.31. The normalized spacial score (nSPS) is 20.5. The first-order valence-corrected chi connectivity index (χ1v) is 15.3. The maximum atomic E-state index is 12.5. The number of thioether (sulfide) groups is 1. The molecule has 1 atom stereocenters.